The molecular weight excluding hydrogens is 304 g/mol. The van der Waals surface area contributed by atoms with Crippen molar-refractivity contribution in [1.82, 2.24) is 9.62 Å². The summed E-state index contributed by atoms with van der Waals surface area (Å²) in [5, 5.41) is 5.19. The molecule has 0 atom stereocenters. The molecule has 1 N–H and O–H groups in total. The van der Waals surface area contributed by atoms with Crippen LogP contribution in [0.15, 0.2) is 16.3 Å². The number of sulfonamides is 1. The van der Waals surface area contributed by atoms with E-state index in [1.165, 1.54) is 24.2 Å². The number of hydrogen-bond acceptors (Lipinski definition) is 4. The molecule has 1 saturated carbocycles. The van der Waals surface area contributed by atoms with Crippen LogP contribution in [0.3, 0.4) is 0 Å². The quantitative estimate of drug-likeness (QED) is 0.671. The Hall–Kier alpha value is -0.430. The largest absolute Gasteiger partial charge is 0.312 e. The molecule has 0 aliphatic heterocycles. The van der Waals surface area contributed by atoms with Gasteiger partial charge in [-0.3, -0.25) is 0 Å². The van der Waals surface area contributed by atoms with Crippen molar-refractivity contribution in [2.75, 3.05) is 19.6 Å². The van der Waals surface area contributed by atoms with Crippen molar-refractivity contribution in [3.63, 3.8) is 0 Å². The lowest BCUT2D eigenvalue weighted by molar-refractivity contribution is 0.395. The summed E-state index contributed by atoms with van der Waals surface area (Å²) in [5.41, 5.74) is 0. The van der Waals surface area contributed by atoms with Crippen LogP contribution in [-0.2, 0) is 16.6 Å². The molecule has 21 heavy (non-hydrogen) atoms. The monoisotopic (exact) mass is 330 g/mol. The van der Waals surface area contributed by atoms with Gasteiger partial charge in [-0.25, -0.2) is 8.42 Å². The Morgan fingerprint density at radius 3 is 2.71 bits per heavy atom. The fourth-order valence-corrected chi connectivity index (χ4v) is 5.35. The third-order valence-electron chi connectivity index (χ3n) is 3.67. The van der Waals surface area contributed by atoms with E-state index in [1.54, 1.807) is 10.4 Å². The van der Waals surface area contributed by atoms with Crippen molar-refractivity contribution >= 4 is 21.4 Å². The van der Waals surface area contributed by atoms with Gasteiger partial charge in [0.2, 0.25) is 10.0 Å². The maximum absolute atomic E-state index is 12.9. The van der Waals surface area contributed by atoms with E-state index in [0.717, 1.165) is 24.3 Å². The first kappa shape index (κ1) is 16.9. The first-order valence-corrected chi connectivity index (χ1v) is 10.2. The summed E-state index contributed by atoms with van der Waals surface area (Å²) in [7, 11) is -3.34. The van der Waals surface area contributed by atoms with E-state index in [0.29, 0.717) is 30.4 Å². The first-order valence-electron chi connectivity index (χ1n) is 7.86. The highest BCUT2D eigenvalue weighted by molar-refractivity contribution is 7.89. The van der Waals surface area contributed by atoms with E-state index in [-0.39, 0.29) is 0 Å². The fourth-order valence-electron chi connectivity index (χ4n) is 2.35. The number of nitrogens with one attached hydrogen (secondary N) is 1. The van der Waals surface area contributed by atoms with Gasteiger partial charge in [0.15, 0.2) is 0 Å². The molecule has 1 aliphatic carbocycles. The summed E-state index contributed by atoms with van der Waals surface area (Å²) in [4.78, 5) is 1.44. The van der Waals surface area contributed by atoms with Gasteiger partial charge in [0.05, 0.1) is 4.90 Å². The summed E-state index contributed by atoms with van der Waals surface area (Å²) < 4.78 is 27.5. The van der Waals surface area contributed by atoms with Gasteiger partial charge in [-0.15, -0.1) is 11.3 Å². The predicted molar refractivity (Wildman–Crippen MR) is 88.1 cm³/mol. The molecule has 4 nitrogen and oxygen atoms in total. The van der Waals surface area contributed by atoms with Crippen LogP contribution >= 0.6 is 11.3 Å². The Balaban J connectivity index is 2.14. The molecule has 1 aromatic rings. The van der Waals surface area contributed by atoms with Crippen LogP contribution in [0.1, 0.15) is 44.4 Å². The van der Waals surface area contributed by atoms with E-state index in [4.69, 9.17) is 0 Å². The maximum Gasteiger partial charge on any atom is 0.244 e. The van der Waals surface area contributed by atoms with E-state index in [9.17, 15) is 8.42 Å². The van der Waals surface area contributed by atoms with E-state index in [1.807, 2.05) is 12.3 Å². The molecule has 0 amide bonds. The van der Waals surface area contributed by atoms with Gasteiger partial charge in [-0.2, -0.15) is 4.31 Å². The zero-order valence-electron chi connectivity index (χ0n) is 13.0. The number of rotatable bonds is 10. The Labute approximate surface area is 132 Å². The number of hydrogen-bond donors (Lipinski definition) is 1. The second-order valence-corrected chi connectivity index (χ2v) is 8.60. The molecule has 120 valence electrons. The predicted octanol–water partition coefficient (Wildman–Crippen LogP) is 3.06. The summed E-state index contributed by atoms with van der Waals surface area (Å²) in [6.07, 6.45) is 4.26. The van der Waals surface area contributed by atoms with Gasteiger partial charge < -0.3 is 5.32 Å². The standard InChI is InChI=1S/C15H26N2O2S2/c1-3-8-16-11-14-15(7-10-20-14)21(18,19)17(9-4-2)12-13-5-6-13/h7,10,13,16H,3-6,8-9,11-12H2,1-2H3. The van der Waals surface area contributed by atoms with Crippen molar-refractivity contribution in [2.24, 2.45) is 5.92 Å². The molecule has 0 saturated heterocycles. The normalized spacial score (nSPS) is 15.8. The summed E-state index contributed by atoms with van der Waals surface area (Å²) in [6, 6.07) is 1.76. The molecular formula is C15H26N2O2S2. The van der Waals surface area contributed by atoms with E-state index < -0.39 is 10.0 Å². The van der Waals surface area contributed by atoms with Crippen LogP contribution in [0.4, 0.5) is 0 Å². The van der Waals surface area contributed by atoms with Gasteiger partial charge in [0.1, 0.15) is 0 Å². The van der Waals surface area contributed by atoms with Crippen molar-refractivity contribution in [3.8, 4) is 0 Å². The maximum atomic E-state index is 12.9. The second kappa shape index (κ2) is 7.72. The van der Waals surface area contributed by atoms with Gasteiger partial charge in [-0.1, -0.05) is 13.8 Å². The third kappa shape index (κ3) is 4.52. The molecule has 6 heteroatoms. The minimum atomic E-state index is -3.34. The molecule has 0 radical (unpaired) electrons. The topological polar surface area (TPSA) is 49.4 Å². The highest BCUT2D eigenvalue weighted by Crippen LogP contribution is 2.33. The average Bonchev–Trinajstić information content (AvgIpc) is 3.14. The zero-order chi connectivity index (χ0) is 15.3. The van der Waals surface area contributed by atoms with Gasteiger partial charge >= 0.3 is 0 Å². The number of thiophene rings is 1. The minimum Gasteiger partial charge on any atom is -0.312 e. The zero-order valence-corrected chi connectivity index (χ0v) is 14.6. The van der Waals surface area contributed by atoms with Crippen LogP contribution < -0.4 is 5.32 Å². The highest BCUT2D eigenvalue weighted by Gasteiger charge is 2.32. The van der Waals surface area contributed by atoms with Crippen molar-refractivity contribution < 1.29 is 8.42 Å². The lowest BCUT2D eigenvalue weighted by Gasteiger charge is -2.21. The molecule has 1 fully saturated rings. The smallest absolute Gasteiger partial charge is 0.244 e. The summed E-state index contributed by atoms with van der Waals surface area (Å²) >= 11 is 1.53. The molecule has 2 rings (SSSR count). The molecule has 0 unspecified atom stereocenters. The number of nitrogens with zero attached hydrogens (tertiary/aromatic N) is 1. The SMILES string of the molecule is CCCNCc1sccc1S(=O)(=O)N(CCC)CC1CC1. The van der Waals surface area contributed by atoms with Crippen LogP contribution in [-0.4, -0.2) is 32.4 Å². The Morgan fingerprint density at radius 2 is 2.10 bits per heavy atom. The van der Waals surface area contributed by atoms with Crippen LogP contribution in [0, 0.1) is 5.92 Å². The fraction of sp³-hybridized carbons (Fsp3) is 0.733. The average molecular weight is 331 g/mol. The molecule has 0 aromatic carbocycles. The minimum absolute atomic E-state index is 0.505. The third-order valence-corrected chi connectivity index (χ3v) is 6.67. The van der Waals surface area contributed by atoms with E-state index >= 15 is 0 Å². The first-order chi connectivity index (χ1) is 10.1. The van der Waals surface area contributed by atoms with Crippen LogP contribution in [0.5, 0.6) is 0 Å². The highest BCUT2D eigenvalue weighted by atomic mass is 32.2. The van der Waals surface area contributed by atoms with Crippen molar-refractivity contribution in [3.05, 3.63) is 16.3 Å². The van der Waals surface area contributed by atoms with Gasteiger partial charge in [0, 0.05) is 24.5 Å². The molecule has 1 heterocycles. The Morgan fingerprint density at radius 1 is 1.33 bits per heavy atom. The van der Waals surface area contributed by atoms with Gasteiger partial charge in [0.25, 0.3) is 0 Å². The van der Waals surface area contributed by atoms with E-state index in [2.05, 4.69) is 12.2 Å². The molecule has 1 aliphatic rings. The lowest BCUT2D eigenvalue weighted by atomic mass is 10.4. The second-order valence-electron chi connectivity index (χ2n) is 5.69. The van der Waals surface area contributed by atoms with Crippen LogP contribution in [0.2, 0.25) is 0 Å². The van der Waals surface area contributed by atoms with Crippen molar-refractivity contribution in [2.45, 2.75) is 51.0 Å². The summed E-state index contributed by atoms with van der Waals surface area (Å²) in [6.45, 7) is 7.01. The summed E-state index contributed by atoms with van der Waals surface area (Å²) in [5.74, 6) is 0.576. The molecule has 0 bridgehead atoms. The molecule has 1 aromatic heterocycles. The molecule has 0 spiro atoms. The Bertz CT molecular complexity index is 536. The van der Waals surface area contributed by atoms with Gasteiger partial charge in [-0.05, 0) is 49.6 Å². The lowest BCUT2D eigenvalue weighted by Crippen LogP contribution is -2.34. The Kier molecular flexibility index (Phi) is 6.22. The van der Waals surface area contributed by atoms with Crippen LogP contribution in [0.25, 0.3) is 0 Å². The van der Waals surface area contributed by atoms with Crippen molar-refractivity contribution in [1.29, 1.82) is 0 Å².